The van der Waals surface area contributed by atoms with Gasteiger partial charge >= 0.3 is 0 Å². The van der Waals surface area contributed by atoms with Gasteiger partial charge in [-0.3, -0.25) is 9.69 Å². The molecule has 0 heterocycles. The molecular weight excluding hydrogens is 238 g/mol. The molecule has 1 amide bonds. The van der Waals surface area contributed by atoms with E-state index in [-0.39, 0.29) is 5.91 Å². The van der Waals surface area contributed by atoms with E-state index in [4.69, 9.17) is 5.73 Å². The fourth-order valence-corrected chi connectivity index (χ4v) is 1.90. The van der Waals surface area contributed by atoms with Gasteiger partial charge in [0.05, 0.1) is 0 Å². The van der Waals surface area contributed by atoms with Crippen LogP contribution in [-0.4, -0.2) is 49.4 Å². The van der Waals surface area contributed by atoms with Gasteiger partial charge in [-0.05, 0) is 25.1 Å². The van der Waals surface area contributed by atoms with Gasteiger partial charge in [0, 0.05) is 33.6 Å². The third-order valence-corrected chi connectivity index (χ3v) is 3.07. The van der Waals surface area contributed by atoms with Crippen molar-refractivity contribution in [3.05, 3.63) is 35.9 Å². The van der Waals surface area contributed by atoms with Crippen LogP contribution in [0.15, 0.2) is 30.3 Å². The summed E-state index contributed by atoms with van der Waals surface area (Å²) in [6.07, 6.45) is 1.52. The number of carbonyl (C=O) groups excluding carboxylic acids is 1. The predicted molar refractivity (Wildman–Crippen MR) is 78.7 cm³/mol. The van der Waals surface area contributed by atoms with E-state index in [1.165, 1.54) is 5.56 Å². The minimum absolute atomic E-state index is 0.172. The van der Waals surface area contributed by atoms with Crippen molar-refractivity contribution in [2.75, 3.05) is 33.7 Å². The fourth-order valence-electron chi connectivity index (χ4n) is 1.90. The average Bonchev–Trinajstić information content (AvgIpc) is 2.42. The molecule has 4 heteroatoms. The Morgan fingerprint density at radius 3 is 2.42 bits per heavy atom. The van der Waals surface area contributed by atoms with E-state index in [0.717, 1.165) is 26.1 Å². The lowest BCUT2D eigenvalue weighted by atomic mass is 10.2. The van der Waals surface area contributed by atoms with Crippen LogP contribution < -0.4 is 5.73 Å². The number of benzene rings is 1. The molecule has 0 aromatic heterocycles. The number of carbonyl (C=O) groups is 1. The van der Waals surface area contributed by atoms with Crippen molar-refractivity contribution in [1.29, 1.82) is 0 Å². The average molecular weight is 263 g/mol. The number of nitrogens with zero attached hydrogens (tertiary/aromatic N) is 2. The lowest BCUT2D eigenvalue weighted by Crippen LogP contribution is -2.31. The second kappa shape index (κ2) is 8.67. The van der Waals surface area contributed by atoms with Gasteiger partial charge in [-0.1, -0.05) is 30.3 Å². The van der Waals surface area contributed by atoms with Crippen molar-refractivity contribution in [2.24, 2.45) is 5.73 Å². The predicted octanol–water partition coefficient (Wildman–Crippen LogP) is 1.32. The van der Waals surface area contributed by atoms with Crippen LogP contribution in [0.25, 0.3) is 0 Å². The molecule has 0 aliphatic heterocycles. The Hall–Kier alpha value is -1.39. The van der Waals surface area contributed by atoms with Crippen LogP contribution in [0, 0.1) is 0 Å². The Bertz CT molecular complexity index is 365. The topological polar surface area (TPSA) is 49.6 Å². The van der Waals surface area contributed by atoms with E-state index in [1.54, 1.807) is 19.0 Å². The molecule has 0 saturated carbocycles. The minimum Gasteiger partial charge on any atom is -0.349 e. The number of rotatable bonds is 8. The third kappa shape index (κ3) is 6.36. The summed E-state index contributed by atoms with van der Waals surface area (Å²) >= 11 is 0. The summed E-state index contributed by atoms with van der Waals surface area (Å²) in [6, 6.07) is 10.3. The molecule has 1 aromatic carbocycles. The van der Waals surface area contributed by atoms with Gasteiger partial charge in [0.15, 0.2) is 0 Å². The van der Waals surface area contributed by atoms with Crippen molar-refractivity contribution in [3.8, 4) is 0 Å². The third-order valence-electron chi connectivity index (χ3n) is 3.07. The van der Waals surface area contributed by atoms with E-state index >= 15 is 0 Å². The Labute approximate surface area is 116 Å². The molecule has 0 bridgehead atoms. The maximum Gasteiger partial charge on any atom is 0.223 e. The van der Waals surface area contributed by atoms with E-state index < -0.39 is 0 Å². The zero-order valence-corrected chi connectivity index (χ0v) is 12.0. The first-order valence-corrected chi connectivity index (χ1v) is 6.80. The molecule has 0 unspecified atom stereocenters. The molecule has 0 fully saturated rings. The zero-order valence-electron chi connectivity index (χ0n) is 12.0. The molecule has 0 spiro atoms. The standard InChI is InChI=1S/C15H25N3O/c1-17(2)15(19)9-12-18(11-6-10-16)13-14-7-4-3-5-8-14/h3-5,7-8H,6,9-13,16H2,1-2H3. The first-order valence-electron chi connectivity index (χ1n) is 6.80. The molecular formula is C15H25N3O. The van der Waals surface area contributed by atoms with E-state index in [2.05, 4.69) is 17.0 Å². The molecule has 1 rings (SSSR count). The van der Waals surface area contributed by atoms with Crippen LogP contribution in [0.5, 0.6) is 0 Å². The maximum atomic E-state index is 11.6. The normalized spacial score (nSPS) is 10.7. The number of amides is 1. The van der Waals surface area contributed by atoms with Crippen LogP contribution >= 0.6 is 0 Å². The van der Waals surface area contributed by atoms with Gasteiger partial charge in [0.1, 0.15) is 0 Å². The summed E-state index contributed by atoms with van der Waals surface area (Å²) in [5, 5.41) is 0. The smallest absolute Gasteiger partial charge is 0.223 e. The summed E-state index contributed by atoms with van der Waals surface area (Å²) in [7, 11) is 3.59. The Morgan fingerprint density at radius 2 is 1.84 bits per heavy atom. The molecule has 0 aliphatic rings. The van der Waals surface area contributed by atoms with Crippen molar-refractivity contribution in [1.82, 2.24) is 9.80 Å². The quantitative estimate of drug-likeness (QED) is 0.769. The second-order valence-electron chi connectivity index (χ2n) is 4.94. The first-order chi connectivity index (χ1) is 9.13. The summed E-state index contributed by atoms with van der Waals surface area (Å²) in [4.78, 5) is 15.6. The fraction of sp³-hybridized carbons (Fsp3) is 0.533. The highest BCUT2D eigenvalue weighted by Gasteiger charge is 2.09. The molecule has 0 saturated heterocycles. The molecule has 19 heavy (non-hydrogen) atoms. The lowest BCUT2D eigenvalue weighted by Gasteiger charge is -2.22. The van der Waals surface area contributed by atoms with Gasteiger partial charge in [-0.25, -0.2) is 0 Å². The monoisotopic (exact) mass is 263 g/mol. The van der Waals surface area contributed by atoms with Gasteiger partial charge in [-0.2, -0.15) is 0 Å². The van der Waals surface area contributed by atoms with Crippen molar-refractivity contribution in [2.45, 2.75) is 19.4 Å². The largest absolute Gasteiger partial charge is 0.349 e. The summed E-state index contributed by atoms with van der Waals surface area (Å²) in [5.41, 5.74) is 6.85. The number of hydrogen-bond donors (Lipinski definition) is 1. The second-order valence-corrected chi connectivity index (χ2v) is 4.94. The Kier molecular flexibility index (Phi) is 7.15. The van der Waals surface area contributed by atoms with E-state index in [9.17, 15) is 4.79 Å². The van der Waals surface area contributed by atoms with Gasteiger partial charge in [0.2, 0.25) is 5.91 Å². The summed E-state index contributed by atoms with van der Waals surface area (Å²) in [5.74, 6) is 0.172. The number of hydrogen-bond acceptors (Lipinski definition) is 3. The summed E-state index contributed by atoms with van der Waals surface area (Å²) < 4.78 is 0. The molecule has 1 aromatic rings. The van der Waals surface area contributed by atoms with Gasteiger partial charge in [-0.15, -0.1) is 0 Å². The minimum atomic E-state index is 0.172. The van der Waals surface area contributed by atoms with Crippen molar-refractivity contribution >= 4 is 5.91 Å². The molecule has 2 N–H and O–H groups in total. The van der Waals surface area contributed by atoms with E-state index in [1.807, 2.05) is 18.2 Å². The van der Waals surface area contributed by atoms with Crippen LogP contribution in [0.3, 0.4) is 0 Å². The van der Waals surface area contributed by atoms with Crippen molar-refractivity contribution in [3.63, 3.8) is 0 Å². The van der Waals surface area contributed by atoms with Crippen molar-refractivity contribution < 1.29 is 4.79 Å². The van der Waals surface area contributed by atoms with Gasteiger partial charge < -0.3 is 10.6 Å². The molecule has 4 nitrogen and oxygen atoms in total. The molecule has 0 radical (unpaired) electrons. The maximum absolute atomic E-state index is 11.6. The zero-order chi connectivity index (χ0) is 14.1. The molecule has 0 aliphatic carbocycles. The molecule has 0 atom stereocenters. The number of nitrogens with two attached hydrogens (primary N) is 1. The van der Waals surface area contributed by atoms with Crippen LogP contribution in [0.4, 0.5) is 0 Å². The van der Waals surface area contributed by atoms with E-state index in [0.29, 0.717) is 13.0 Å². The first kappa shape index (κ1) is 15.7. The highest BCUT2D eigenvalue weighted by molar-refractivity contribution is 5.75. The van der Waals surface area contributed by atoms with Gasteiger partial charge in [0.25, 0.3) is 0 Å². The van der Waals surface area contributed by atoms with Crippen LogP contribution in [-0.2, 0) is 11.3 Å². The van der Waals surface area contributed by atoms with Crippen LogP contribution in [0.2, 0.25) is 0 Å². The Morgan fingerprint density at radius 1 is 1.16 bits per heavy atom. The highest BCUT2D eigenvalue weighted by Crippen LogP contribution is 2.06. The Balaban J connectivity index is 2.49. The molecule has 106 valence electrons. The SMILES string of the molecule is CN(C)C(=O)CCN(CCCN)Cc1ccccc1. The highest BCUT2D eigenvalue weighted by atomic mass is 16.2. The van der Waals surface area contributed by atoms with Crippen LogP contribution in [0.1, 0.15) is 18.4 Å². The summed E-state index contributed by atoms with van der Waals surface area (Å²) in [6.45, 7) is 3.28. The lowest BCUT2D eigenvalue weighted by molar-refractivity contribution is -0.129.